The Hall–Kier alpha value is -1.34. The summed E-state index contributed by atoms with van der Waals surface area (Å²) >= 11 is 3.02. The Labute approximate surface area is 137 Å². The summed E-state index contributed by atoms with van der Waals surface area (Å²) < 4.78 is 5.67. The van der Waals surface area contributed by atoms with Crippen LogP contribution in [0.5, 0.6) is 0 Å². The fraction of sp³-hybridized carbons (Fsp3) is 0.533. The van der Waals surface area contributed by atoms with Crippen molar-refractivity contribution in [1.29, 1.82) is 0 Å². The molecule has 7 heteroatoms. The third kappa shape index (κ3) is 3.52. The van der Waals surface area contributed by atoms with Crippen molar-refractivity contribution in [3.05, 3.63) is 16.5 Å². The van der Waals surface area contributed by atoms with Gasteiger partial charge in [0, 0.05) is 11.4 Å². The zero-order valence-electron chi connectivity index (χ0n) is 12.7. The molecule has 0 radical (unpaired) electrons. The average Bonchev–Trinajstić information content (AvgIpc) is 3.11. The number of nitrogens with zero attached hydrogens (tertiary/aromatic N) is 2. The summed E-state index contributed by atoms with van der Waals surface area (Å²) in [4.78, 5) is 13.9. The van der Waals surface area contributed by atoms with Crippen molar-refractivity contribution in [2.24, 2.45) is 5.92 Å². The number of aromatic nitrogens is 2. The van der Waals surface area contributed by atoms with Gasteiger partial charge in [-0.1, -0.05) is 18.7 Å². The largest absolute Gasteiger partial charge is 0.410 e. The highest BCUT2D eigenvalue weighted by Crippen LogP contribution is 2.37. The first-order chi connectivity index (χ1) is 10.7. The van der Waals surface area contributed by atoms with E-state index < -0.39 is 0 Å². The molecule has 1 atom stereocenters. The topological polar surface area (TPSA) is 68.0 Å². The molecule has 0 aromatic carbocycles. The molecular weight excluding hydrogens is 318 g/mol. The molecule has 2 aromatic rings. The number of carbonyl (C=O) groups is 1. The molecule has 0 aliphatic heterocycles. The highest BCUT2D eigenvalue weighted by molar-refractivity contribution is 7.99. The van der Waals surface area contributed by atoms with Gasteiger partial charge >= 0.3 is 0 Å². The lowest BCUT2D eigenvalue weighted by atomic mass is 9.90. The lowest BCUT2D eigenvalue weighted by Gasteiger charge is -2.16. The predicted molar refractivity (Wildman–Crippen MR) is 88.2 cm³/mol. The minimum Gasteiger partial charge on any atom is -0.410 e. The molecule has 22 heavy (non-hydrogen) atoms. The smallest absolute Gasteiger partial charge is 0.277 e. The number of hydrogen-bond donors (Lipinski definition) is 1. The Morgan fingerprint density at radius 2 is 2.41 bits per heavy atom. The fourth-order valence-electron chi connectivity index (χ4n) is 2.55. The molecule has 0 unspecified atom stereocenters. The van der Waals surface area contributed by atoms with Gasteiger partial charge in [0.25, 0.3) is 11.1 Å². The fourth-order valence-corrected chi connectivity index (χ4v) is 4.28. The molecule has 2 heterocycles. The first-order valence-electron chi connectivity index (χ1n) is 7.50. The van der Waals surface area contributed by atoms with Gasteiger partial charge in [-0.05, 0) is 43.7 Å². The molecule has 0 fully saturated rings. The van der Waals surface area contributed by atoms with Crippen LogP contribution in [0.2, 0.25) is 0 Å². The highest BCUT2D eigenvalue weighted by atomic mass is 32.2. The molecule has 1 aliphatic rings. The van der Waals surface area contributed by atoms with E-state index in [4.69, 9.17) is 4.42 Å². The molecule has 1 amide bonds. The van der Waals surface area contributed by atoms with E-state index in [9.17, 15) is 4.79 Å². The lowest BCUT2D eigenvalue weighted by molar-refractivity contribution is -0.118. The molecular formula is C15H19N3O2S2. The second-order valence-electron chi connectivity index (χ2n) is 5.52. The van der Waals surface area contributed by atoms with Crippen LogP contribution in [0.4, 0.5) is 0 Å². The standard InChI is InChI=1S/C15H19N3O2S2/c1-3-16-13(19)8-21-15-18-17-14(20-15)12-7-10-6-9(2)4-5-11(10)22-12/h7,9H,3-6,8H2,1-2H3,(H,16,19)/t9-/m0/s1. The summed E-state index contributed by atoms with van der Waals surface area (Å²) in [5.41, 5.74) is 1.42. The molecule has 0 saturated heterocycles. The van der Waals surface area contributed by atoms with Gasteiger partial charge in [-0.3, -0.25) is 4.79 Å². The highest BCUT2D eigenvalue weighted by Gasteiger charge is 2.21. The van der Waals surface area contributed by atoms with E-state index in [1.165, 1.54) is 28.6 Å². The molecule has 3 rings (SSSR count). The van der Waals surface area contributed by atoms with Crippen molar-refractivity contribution < 1.29 is 9.21 Å². The van der Waals surface area contributed by atoms with E-state index in [0.29, 0.717) is 23.4 Å². The average molecular weight is 337 g/mol. The number of amides is 1. The Kier molecular flexibility index (Phi) is 4.83. The molecule has 5 nitrogen and oxygen atoms in total. The number of carbonyl (C=O) groups excluding carboxylic acids is 1. The van der Waals surface area contributed by atoms with Gasteiger partial charge in [-0.25, -0.2) is 0 Å². The quantitative estimate of drug-likeness (QED) is 0.849. The summed E-state index contributed by atoms with van der Waals surface area (Å²) in [6.45, 7) is 4.82. The zero-order valence-corrected chi connectivity index (χ0v) is 14.4. The van der Waals surface area contributed by atoms with Crippen LogP contribution in [0.15, 0.2) is 15.7 Å². The Balaban J connectivity index is 1.67. The van der Waals surface area contributed by atoms with Crippen molar-refractivity contribution in [1.82, 2.24) is 15.5 Å². The number of fused-ring (bicyclic) bond motifs is 1. The van der Waals surface area contributed by atoms with Crippen LogP contribution in [0.3, 0.4) is 0 Å². The van der Waals surface area contributed by atoms with E-state index in [-0.39, 0.29) is 5.91 Å². The van der Waals surface area contributed by atoms with Crippen LogP contribution in [0.1, 0.15) is 30.7 Å². The molecule has 1 N–H and O–H groups in total. The minimum atomic E-state index is -0.0205. The normalized spacial score (nSPS) is 17.3. The van der Waals surface area contributed by atoms with Crippen LogP contribution in [0, 0.1) is 5.92 Å². The first-order valence-corrected chi connectivity index (χ1v) is 9.31. The maximum absolute atomic E-state index is 11.4. The summed E-state index contributed by atoms with van der Waals surface area (Å²) in [5, 5.41) is 11.3. The predicted octanol–water partition coefficient (Wildman–Crippen LogP) is 3.15. The minimum absolute atomic E-state index is 0.0205. The first kappa shape index (κ1) is 15.6. The molecule has 2 aromatic heterocycles. The number of thioether (sulfide) groups is 1. The van der Waals surface area contributed by atoms with Crippen molar-refractivity contribution in [3.8, 4) is 10.8 Å². The van der Waals surface area contributed by atoms with Crippen LogP contribution >= 0.6 is 23.1 Å². The van der Waals surface area contributed by atoms with Gasteiger partial charge in [0.05, 0.1) is 10.6 Å². The second-order valence-corrected chi connectivity index (χ2v) is 7.59. The van der Waals surface area contributed by atoms with Gasteiger partial charge < -0.3 is 9.73 Å². The van der Waals surface area contributed by atoms with Crippen molar-refractivity contribution >= 4 is 29.0 Å². The SMILES string of the molecule is CCNC(=O)CSc1nnc(-c2cc3c(s2)CC[C@H](C)C3)o1. The van der Waals surface area contributed by atoms with Crippen LogP contribution < -0.4 is 5.32 Å². The van der Waals surface area contributed by atoms with Gasteiger partial charge in [-0.15, -0.1) is 21.5 Å². The van der Waals surface area contributed by atoms with E-state index in [2.05, 4.69) is 28.5 Å². The number of rotatable bonds is 5. The Morgan fingerprint density at radius 1 is 1.55 bits per heavy atom. The summed E-state index contributed by atoms with van der Waals surface area (Å²) in [5.74, 6) is 1.59. The molecule has 118 valence electrons. The summed E-state index contributed by atoms with van der Waals surface area (Å²) in [7, 11) is 0. The van der Waals surface area contributed by atoms with Crippen molar-refractivity contribution in [2.45, 2.75) is 38.3 Å². The van der Waals surface area contributed by atoms with Crippen LogP contribution in [-0.2, 0) is 17.6 Å². The molecule has 0 saturated carbocycles. The van der Waals surface area contributed by atoms with Gasteiger partial charge in [0.1, 0.15) is 0 Å². The summed E-state index contributed by atoms with van der Waals surface area (Å²) in [6, 6.07) is 2.18. The lowest BCUT2D eigenvalue weighted by Crippen LogP contribution is -2.24. The monoisotopic (exact) mass is 337 g/mol. The molecule has 1 aliphatic carbocycles. The van der Waals surface area contributed by atoms with Gasteiger partial charge in [-0.2, -0.15) is 0 Å². The maximum atomic E-state index is 11.4. The number of hydrogen-bond acceptors (Lipinski definition) is 6. The number of nitrogens with one attached hydrogen (secondary N) is 1. The van der Waals surface area contributed by atoms with Crippen molar-refractivity contribution in [2.75, 3.05) is 12.3 Å². The summed E-state index contributed by atoms with van der Waals surface area (Å²) in [6.07, 6.45) is 3.54. The third-order valence-electron chi connectivity index (χ3n) is 3.65. The zero-order chi connectivity index (χ0) is 15.5. The van der Waals surface area contributed by atoms with E-state index >= 15 is 0 Å². The van der Waals surface area contributed by atoms with E-state index in [1.807, 2.05) is 6.92 Å². The number of thiophene rings is 1. The van der Waals surface area contributed by atoms with Gasteiger partial charge in [0.2, 0.25) is 5.91 Å². The van der Waals surface area contributed by atoms with Crippen LogP contribution in [0.25, 0.3) is 10.8 Å². The number of aryl methyl sites for hydroxylation is 1. The van der Waals surface area contributed by atoms with Crippen molar-refractivity contribution in [3.63, 3.8) is 0 Å². The third-order valence-corrected chi connectivity index (χ3v) is 5.69. The second kappa shape index (κ2) is 6.83. The Morgan fingerprint density at radius 3 is 3.23 bits per heavy atom. The maximum Gasteiger partial charge on any atom is 0.277 e. The van der Waals surface area contributed by atoms with Crippen LogP contribution in [-0.4, -0.2) is 28.4 Å². The van der Waals surface area contributed by atoms with Gasteiger partial charge in [0.15, 0.2) is 0 Å². The molecule has 0 bridgehead atoms. The van der Waals surface area contributed by atoms with E-state index in [1.54, 1.807) is 11.3 Å². The van der Waals surface area contributed by atoms with E-state index in [0.717, 1.165) is 23.6 Å². The molecule has 0 spiro atoms. The Bertz CT molecular complexity index is 666.